The minimum Gasteiger partial charge on any atom is -0.495 e. The smallest absolute Gasteiger partial charge is 0.348 e. The van der Waals surface area contributed by atoms with E-state index in [9.17, 15) is 19.2 Å². The van der Waals surface area contributed by atoms with Gasteiger partial charge >= 0.3 is 11.9 Å². The van der Waals surface area contributed by atoms with E-state index in [1.807, 2.05) is 51.1 Å². The van der Waals surface area contributed by atoms with Gasteiger partial charge in [0.25, 0.3) is 0 Å². The van der Waals surface area contributed by atoms with Crippen LogP contribution in [-0.2, 0) is 39.8 Å². The first-order valence-electron chi connectivity index (χ1n) is 15.6. The number of rotatable bonds is 8. The normalized spacial score (nSPS) is 27.5. The first-order valence-corrected chi connectivity index (χ1v) is 16.0. The highest BCUT2D eigenvalue weighted by Gasteiger charge is 2.47. The highest BCUT2D eigenvalue weighted by molar-refractivity contribution is 6.32. The second-order valence-electron chi connectivity index (χ2n) is 12.3. The summed E-state index contributed by atoms with van der Waals surface area (Å²) in [5, 5.41) is 5.90. The lowest BCUT2D eigenvalue weighted by atomic mass is 9.95. The van der Waals surface area contributed by atoms with E-state index < -0.39 is 47.9 Å². The lowest BCUT2D eigenvalue weighted by molar-refractivity contribution is -0.174. The van der Waals surface area contributed by atoms with Crippen LogP contribution in [0.3, 0.4) is 0 Å². The molecule has 1 fully saturated rings. The first kappa shape index (κ1) is 35.0. The molecule has 2 heterocycles. The van der Waals surface area contributed by atoms with Gasteiger partial charge in [-0.3, -0.25) is 14.4 Å². The standard InChI is InChI=1S/C35H43ClN2O8/c1-20(2)16-29-35(42)44-27(22(4)31-32(46-31)24-10-7-6-8-11-24)12-9-13-30(39)38-26(33(40)37-19-21(3)34(41)45-29)18-23-14-15-28(43-5)25(36)17-23/h6-12,14-15,17,20-22,26-27,29,31-32H,13,16,18-19H2,1-5H3,(H,37,40)(H,38,39)/b12-9+/t21-,22+,26+,27+,29+,31-,32-/m1/s1. The third kappa shape index (κ3) is 9.56. The molecule has 0 aliphatic carbocycles. The molecule has 4 rings (SSSR count). The molecule has 0 aromatic heterocycles. The summed E-state index contributed by atoms with van der Waals surface area (Å²) in [5.41, 5.74) is 1.73. The van der Waals surface area contributed by atoms with Gasteiger partial charge < -0.3 is 29.6 Å². The maximum Gasteiger partial charge on any atom is 0.348 e. The van der Waals surface area contributed by atoms with Crippen LogP contribution >= 0.6 is 11.6 Å². The monoisotopic (exact) mass is 654 g/mol. The van der Waals surface area contributed by atoms with Gasteiger partial charge in [0.15, 0.2) is 6.10 Å². The van der Waals surface area contributed by atoms with Crippen molar-refractivity contribution in [3.8, 4) is 5.75 Å². The number of epoxide rings is 1. The molecule has 2 aromatic carbocycles. The molecule has 0 saturated carbocycles. The zero-order valence-corrected chi connectivity index (χ0v) is 27.6. The minimum absolute atomic E-state index is 0.0301. The van der Waals surface area contributed by atoms with Crippen LogP contribution in [0, 0.1) is 17.8 Å². The van der Waals surface area contributed by atoms with Crippen LogP contribution in [0.2, 0.25) is 5.02 Å². The molecule has 0 unspecified atom stereocenters. The number of amides is 2. The van der Waals surface area contributed by atoms with Gasteiger partial charge in [-0.15, -0.1) is 0 Å². The number of hydrogen-bond acceptors (Lipinski definition) is 8. The molecular weight excluding hydrogens is 612 g/mol. The Labute approximate surface area is 275 Å². The Hall–Kier alpha value is -3.89. The lowest BCUT2D eigenvalue weighted by Gasteiger charge is -2.26. The highest BCUT2D eigenvalue weighted by Crippen LogP contribution is 2.44. The SMILES string of the molecule is COc1ccc(C[C@@H]2NC(=O)C/C=C/[C@@H]([C@H](C)[C@H]3O[C@@H]3c3ccccc3)OC(=O)[C@H](CC(C)C)OC(=O)[C@H](C)CNC2=O)cc1Cl. The van der Waals surface area contributed by atoms with E-state index in [4.69, 9.17) is 30.5 Å². The Morgan fingerprint density at radius 2 is 1.74 bits per heavy atom. The Kier molecular flexibility index (Phi) is 12.2. The summed E-state index contributed by atoms with van der Waals surface area (Å²) in [4.78, 5) is 53.0. The topological polar surface area (TPSA) is 133 Å². The summed E-state index contributed by atoms with van der Waals surface area (Å²) in [6.07, 6.45) is 1.34. The third-order valence-electron chi connectivity index (χ3n) is 8.07. The molecule has 0 bridgehead atoms. The molecular formula is C35H43ClN2O8. The maximum atomic E-state index is 13.5. The van der Waals surface area contributed by atoms with Crippen molar-refractivity contribution in [1.29, 1.82) is 0 Å². The van der Waals surface area contributed by atoms with E-state index in [1.54, 1.807) is 37.3 Å². The highest BCUT2D eigenvalue weighted by atomic mass is 35.5. The fourth-order valence-corrected chi connectivity index (χ4v) is 5.62. The molecule has 2 N–H and O–H groups in total. The molecule has 248 valence electrons. The van der Waals surface area contributed by atoms with Gasteiger partial charge in [-0.2, -0.15) is 0 Å². The molecule has 46 heavy (non-hydrogen) atoms. The van der Waals surface area contributed by atoms with Crippen LogP contribution in [0.15, 0.2) is 60.7 Å². The third-order valence-corrected chi connectivity index (χ3v) is 8.37. The summed E-state index contributed by atoms with van der Waals surface area (Å²) < 4.78 is 22.9. The van der Waals surface area contributed by atoms with E-state index in [1.165, 1.54) is 7.11 Å². The molecule has 2 aliphatic rings. The van der Waals surface area contributed by atoms with Crippen LogP contribution in [0.5, 0.6) is 5.75 Å². The van der Waals surface area contributed by atoms with Crippen LogP contribution in [0.25, 0.3) is 0 Å². The van der Waals surface area contributed by atoms with Gasteiger partial charge in [-0.1, -0.05) is 81.8 Å². The van der Waals surface area contributed by atoms with E-state index >= 15 is 0 Å². The zero-order chi connectivity index (χ0) is 33.4. The number of carbonyl (C=O) groups is 4. The quantitative estimate of drug-likeness (QED) is 0.237. The maximum absolute atomic E-state index is 13.5. The number of methoxy groups -OCH3 is 1. The molecule has 2 aliphatic heterocycles. The van der Waals surface area contributed by atoms with Crippen molar-refractivity contribution in [2.45, 2.75) is 77.4 Å². The summed E-state index contributed by atoms with van der Waals surface area (Å²) in [6.45, 7) is 7.29. The van der Waals surface area contributed by atoms with Gasteiger partial charge in [-0.05, 0) is 41.7 Å². The van der Waals surface area contributed by atoms with Crippen molar-refractivity contribution >= 4 is 35.4 Å². The average molecular weight is 655 g/mol. The largest absolute Gasteiger partial charge is 0.495 e. The first-order chi connectivity index (χ1) is 22.0. The number of esters is 2. The second-order valence-corrected chi connectivity index (χ2v) is 12.7. The van der Waals surface area contributed by atoms with Crippen LogP contribution in [0.4, 0.5) is 0 Å². The summed E-state index contributed by atoms with van der Waals surface area (Å²) in [6, 6.07) is 13.9. The van der Waals surface area contributed by atoms with Crippen molar-refractivity contribution in [3.05, 3.63) is 76.8 Å². The molecule has 0 radical (unpaired) electrons. The zero-order valence-electron chi connectivity index (χ0n) is 26.9. The van der Waals surface area contributed by atoms with Gasteiger partial charge in [-0.25, -0.2) is 4.79 Å². The van der Waals surface area contributed by atoms with E-state index in [-0.39, 0.29) is 49.9 Å². The number of benzene rings is 2. The Morgan fingerprint density at radius 1 is 1.00 bits per heavy atom. The number of nitrogens with one attached hydrogen (secondary N) is 2. The van der Waals surface area contributed by atoms with Crippen molar-refractivity contribution in [1.82, 2.24) is 10.6 Å². The number of carbonyl (C=O) groups excluding carboxylic acids is 4. The second kappa shape index (κ2) is 16.1. The van der Waals surface area contributed by atoms with Crippen molar-refractivity contribution in [2.75, 3.05) is 13.7 Å². The van der Waals surface area contributed by atoms with Crippen molar-refractivity contribution in [2.24, 2.45) is 17.8 Å². The number of hydrogen-bond donors (Lipinski definition) is 2. The average Bonchev–Trinajstić information content (AvgIpc) is 3.83. The van der Waals surface area contributed by atoms with Gasteiger partial charge in [0.2, 0.25) is 11.8 Å². The van der Waals surface area contributed by atoms with Crippen LogP contribution < -0.4 is 15.4 Å². The number of cyclic esters (lactones) is 2. The summed E-state index contributed by atoms with van der Waals surface area (Å²) in [7, 11) is 1.51. The van der Waals surface area contributed by atoms with Gasteiger partial charge in [0.1, 0.15) is 24.0 Å². The van der Waals surface area contributed by atoms with Gasteiger partial charge in [0, 0.05) is 25.3 Å². The lowest BCUT2D eigenvalue weighted by Crippen LogP contribution is -2.49. The van der Waals surface area contributed by atoms with E-state index in [0.717, 1.165) is 5.56 Å². The molecule has 2 aromatic rings. The number of ether oxygens (including phenoxy) is 4. The summed E-state index contributed by atoms with van der Waals surface area (Å²) >= 11 is 6.30. The molecule has 0 spiro atoms. The minimum atomic E-state index is -1.14. The van der Waals surface area contributed by atoms with Crippen molar-refractivity contribution < 1.29 is 38.1 Å². The van der Waals surface area contributed by atoms with E-state index in [2.05, 4.69) is 10.6 Å². The Balaban J connectivity index is 1.58. The molecule has 1 saturated heterocycles. The van der Waals surface area contributed by atoms with Gasteiger partial charge in [0.05, 0.1) is 24.2 Å². The predicted octanol–water partition coefficient (Wildman–Crippen LogP) is 4.73. The fourth-order valence-electron chi connectivity index (χ4n) is 5.33. The fraction of sp³-hybridized carbons (Fsp3) is 0.486. The van der Waals surface area contributed by atoms with Crippen molar-refractivity contribution in [3.63, 3.8) is 0 Å². The Bertz CT molecular complexity index is 1410. The molecule has 2 amide bonds. The summed E-state index contributed by atoms with van der Waals surface area (Å²) in [5.74, 6) is -2.73. The van der Waals surface area contributed by atoms with Crippen LogP contribution in [0.1, 0.15) is 57.8 Å². The predicted molar refractivity (Wildman–Crippen MR) is 172 cm³/mol. The van der Waals surface area contributed by atoms with E-state index in [0.29, 0.717) is 16.3 Å². The van der Waals surface area contributed by atoms with Crippen LogP contribution in [-0.4, -0.2) is 61.8 Å². The molecule has 10 nitrogen and oxygen atoms in total. The number of halogens is 1. The molecule has 7 atom stereocenters. The molecule has 11 heteroatoms. The Morgan fingerprint density at radius 3 is 2.41 bits per heavy atom.